The van der Waals surface area contributed by atoms with Crippen LogP contribution < -0.4 is 15.4 Å². The number of hydrogen-bond donors (Lipinski definition) is 2. The first-order valence-corrected chi connectivity index (χ1v) is 14.7. The second kappa shape index (κ2) is 10.7. The fraction of sp³-hybridized carbons (Fsp3) is 0.677. The Hall–Kier alpha value is -3.36. The molecule has 2 aliphatic carbocycles. The summed E-state index contributed by atoms with van der Waals surface area (Å²) in [6, 6.07) is -3.72. The topological polar surface area (TPSA) is 101 Å². The molecule has 0 radical (unpaired) electrons. The third-order valence-corrected chi connectivity index (χ3v) is 9.83. The minimum atomic E-state index is -5.21. The van der Waals surface area contributed by atoms with Gasteiger partial charge in [0.05, 0.1) is 12.8 Å². The zero-order valence-corrected chi connectivity index (χ0v) is 24.9. The maximum Gasteiger partial charge on any atom is 0.471 e. The Morgan fingerprint density at radius 1 is 1.14 bits per heavy atom. The van der Waals surface area contributed by atoms with E-state index in [0.29, 0.717) is 37.2 Å². The number of rotatable bonds is 5. The molecule has 1 unspecified atom stereocenters. The maximum atomic E-state index is 15.1. The van der Waals surface area contributed by atoms with Gasteiger partial charge in [0, 0.05) is 23.9 Å². The average molecular weight is 607 g/mol. The van der Waals surface area contributed by atoms with E-state index in [-0.39, 0.29) is 23.8 Å². The number of halogens is 4. The number of likely N-dealkylation sites (tertiary alicyclic amines) is 1. The Labute approximate surface area is 248 Å². The number of carbonyl (C=O) groups excluding carboxylic acids is 3. The molecule has 2 aliphatic heterocycles. The Bertz CT molecular complexity index is 1350. The molecule has 2 saturated carbocycles. The number of amides is 3. The van der Waals surface area contributed by atoms with E-state index in [1.807, 2.05) is 19.2 Å². The highest BCUT2D eigenvalue weighted by Crippen LogP contribution is 2.58. The van der Waals surface area contributed by atoms with Crippen LogP contribution in [0.15, 0.2) is 12.4 Å². The molecule has 43 heavy (non-hydrogen) atoms. The van der Waals surface area contributed by atoms with Gasteiger partial charge < -0.3 is 20.3 Å². The molecule has 0 aromatic carbocycles. The van der Waals surface area contributed by atoms with Crippen molar-refractivity contribution in [1.82, 2.24) is 20.5 Å². The highest BCUT2D eigenvalue weighted by atomic mass is 19.4. The molecule has 3 fully saturated rings. The normalized spacial score (nSPS) is 30.4. The lowest BCUT2D eigenvalue weighted by Gasteiger charge is -2.38. The molecule has 0 spiro atoms. The van der Waals surface area contributed by atoms with Gasteiger partial charge in [-0.05, 0) is 53.8 Å². The van der Waals surface area contributed by atoms with Gasteiger partial charge in [0.15, 0.2) is 0 Å². The van der Waals surface area contributed by atoms with Crippen molar-refractivity contribution < 1.29 is 36.7 Å². The zero-order chi connectivity index (χ0) is 31.6. The second-order valence-corrected chi connectivity index (χ2v) is 14.1. The number of alkyl halides is 4. The molecule has 12 heteroatoms. The van der Waals surface area contributed by atoms with Crippen LogP contribution in [0.4, 0.5) is 17.6 Å². The average Bonchev–Trinajstić information content (AvgIpc) is 3.58. The van der Waals surface area contributed by atoms with Crippen molar-refractivity contribution >= 4 is 17.7 Å². The summed E-state index contributed by atoms with van der Waals surface area (Å²) in [5.41, 5.74) is -0.0955. The Morgan fingerprint density at radius 3 is 2.47 bits per heavy atom. The molecular weight excluding hydrogens is 568 g/mol. The first-order valence-electron chi connectivity index (χ1n) is 14.7. The van der Waals surface area contributed by atoms with Crippen molar-refractivity contribution in [3.05, 3.63) is 23.5 Å². The third kappa shape index (κ3) is 5.44. The second-order valence-electron chi connectivity index (χ2n) is 14.1. The van der Waals surface area contributed by atoms with E-state index in [0.717, 1.165) is 5.56 Å². The molecule has 1 saturated heterocycles. The van der Waals surface area contributed by atoms with Gasteiger partial charge in [0.2, 0.25) is 11.8 Å². The van der Waals surface area contributed by atoms with Crippen LogP contribution in [-0.2, 0) is 19.8 Å². The standard InChI is InChI=1S/C31H38F4N4O4/c1-7-20(17-12-36-13-21-23(17)30(5,6)8-9-43-21)37-26(40)24-22-16-10-15(11-19(16)32)18(22)14-39(24)27(41)25(29(2,3)4)38-28(42)31(33,34)35/h1,12-13,15-16,18-20,22,24-25H,8-11,14H2,2-6H3,(H,37,40)(H,38,42)/t15-,16+,18+,19+,20?,22-,24-,25+/m0/s1. The van der Waals surface area contributed by atoms with E-state index < -0.39 is 65.4 Å². The number of hydrogen-bond acceptors (Lipinski definition) is 5. The van der Waals surface area contributed by atoms with E-state index >= 15 is 4.39 Å². The molecule has 1 aromatic rings. The first kappa shape index (κ1) is 31.1. The molecule has 4 aliphatic rings. The Balaban J connectivity index is 1.49. The predicted octanol–water partition coefficient (Wildman–Crippen LogP) is 3.85. The van der Waals surface area contributed by atoms with Crippen LogP contribution in [0.1, 0.15) is 71.0 Å². The number of nitrogens with one attached hydrogen (secondary N) is 2. The summed E-state index contributed by atoms with van der Waals surface area (Å²) < 4.78 is 60.6. The molecule has 234 valence electrons. The van der Waals surface area contributed by atoms with E-state index in [2.05, 4.69) is 16.2 Å². The molecule has 2 N–H and O–H groups in total. The summed E-state index contributed by atoms with van der Waals surface area (Å²) in [4.78, 5) is 45.6. The lowest BCUT2D eigenvalue weighted by atomic mass is 9.76. The van der Waals surface area contributed by atoms with E-state index in [1.165, 1.54) is 25.7 Å². The molecular formula is C31H38F4N4O4. The Morgan fingerprint density at radius 2 is 1.84 bits per heavy atom. The maximum absolute atomic E-state index is 15.1. The lowest BCUT2D eigenvalue weighted by Crippen LogP contribution is -2.60. The van der Waals surface area contributed by atoms with Gasteiger partial charge in [0.1, 0.15) is 30.0 Å². The van der Waals surface area contributed by atoms with Crippen molar-refractivity contribution in [3.8, 4) is 18.1 Å². The SMILES string of the molecule is C#CC(NC(=O)[C@@H]1[C@@H]2[C@H](CN1C(=O)[C@@H](NC(=O)C(F)(F)F)C(C)(C)C)[C@H]1C[C@@H]2[C@H](F)C1)c1cncc2c1C(C)(C)CCO2. The largest absolute Gasteiger partial charge is 0.492 e. The van der Waals surface area contributed by atoms with Gasteiger partial charge in [-0.25, -0.2) is 4.39 Å². The highest BCUT2D eigenvalue weighted by molar-refractivity contribution is 5.94. The molecule has 8 nitrogen and oxygen atoms in total. The van der Waals surface area contributed by atoms with Crippen LogP contribution in [0.3, 0.4) is 0 Å². The van der Waals surface area contributed by atoms with Crippen LogP contribution in [0.2, 0.25) is 0 Å². The van der Waals surface area contributed by atoms with Crippen molar-refractivity contribution in [2.24, 2.45) is 29.1 Å². The number of pyridine rings is 1. The summed E-state index contributed by atoms with van der Waals surface area (Å²) in [5, 5.41) is 4.72. The molecule has 3 heterocycles. The van der Waals surface area contributed by atoms with Crippen molar-refractivity contribution in [2.45, 2.75) is 89.8 Å². The quantitative estimate of drug-likeness (QED) is 0.392. The van der Waals surface area contributed by atoms with Gasteiger partial charge in [-0.1, -0.05) is 40.5 Å². The number of ether oxygens (including phenoxy) is 1. The van der Waals surface area contributed by atoms with Crippen molar-refractivity contribution in [3.63, 3.8) is 0 Å². The minimum absolute atomic E-state index is 0.0531. The summed E-state index contributed by atoms with van der Waals surface area (Å²) in [6.45, 7) is 9.23. The van der Waals surface area contributed by atoms with Crippen LogP contribution in [0.5, 0.6) is 5.75 Å². The van der Waals surface area contributed by atoms with Crippen LogP contribution in [0, 0.1) is 41.4 Å². The van der Waals surface area contributed by atoms with Crippen LogP contribution in [0.25, 0.3) is 0 Å². The van der Waals surface area contributed by atoms with Crippen LogP contribution in [-0.4, -0.2) is 65.2 Å². The number of fused-ring (bicyclic) bond motifs is 6. The summed E-state index contributed by atoms with van der Waals surface area (Å²) in [7, 11) is 0. The lowest BCUT2D eigenvalue weighted by molar-refractivity contribution is -0.176. The van der Waals surface area contributed by atoms with E-state index in [9.17, 15) is 27.6 Å². The third-order valence-electron chi connectivity index (χ3n) is 9.83. The molecule has 8 atom stereocenters. The number of carbonyl (C=O) groups is 3. The first-order chi connectivity index (χ1) is 20.0. The number of nitrogens with zero attached hydrogens (tertiary/aromatic N) is 2. The minimum Gasteiger partial charge on any atom is -0.492 e. The van der Waals surface area contributed by atoms with Gasteiger partial charge >= 0.3 is 12.1 Å². The van der Waals surface area contributed by atoms with Gasteiger partial charge in [0.25, 0.3) is 0 Å². The van der Waals surface area contributed by atoms with Crippen molar-refractivity contribution in [2.75, 3.05) is 13.2 Å². The summed E-state index contributed by atoms with van der Waals surface area (Å²) >= 11 is 0. The zero-order valence-electron chi connectivity index (χ0n) is 24.9. The molecule has 1 aromatic heterocycles. The molecule has 5 rings (SSSR count). The smallest absolute Gasteiger partial charge is 0.471 e. The van der Waals surface area contributed by atoms with E-state index in [1.54, 1.807) is 12.4 Å². The highest BCUT2D eigenvalue weighted by Gasteiger charge is 2.63. The summed E-state index contributed by atoms with van der Waals surface area (Å²) in [5.74, 6) is -1.77. The van der Waals surface area contributed by atoms with Gasteiger partial charge in [-0.2, -0.15) is 13.2 Å². The fourth-order valence-corrected chi connectivity index (χ4v) is 7.78. The van der Waals surface area contributed by atoms with Gasteiger partial charge in [-0.3, -0.25) is 19.4 Å². The van der Waals surface area contributed by atoms with E-state index in [4.69, 9.17) is 11.2 Å². The molecule has 3 amide bonds. The van der Waals surface area contributed by atoms with Gasteiger partial charge in [-0.15, -0.1) is 6.42 Å². The predicted molar refractivity (Wildman–Crippen MR) is 148 cm³/mol. The van der Waals surface area contributed by atoms with Crippen molar-refractivity contribution in [1.29, 1.82) is 0 Å². The number of terminal acetylenes is 1. The Kier molecular flexibility index (Phi) is 7.71. The monoisotopic (exact) mass is 606 g/mol. The number of aromatic nitrogens is 1. The fourth-order valence-electron chi connectivity index (χ4n) is 7.78. The van der Waals surface area contributed by atoms with Crippen LogP contribution >= 0.6 is 0 Å². The molecule has 2 bridgehead atoms. The summed E-state index contributed by atoms with van der Waals surface area (Å²) in [6.07, 6.45) is 4.34.